The van der Waals surface area contributed by atoms with Crippen LogP contribution in [0.15, 0.2) is 36.5 Å². The molecule has 0 spiro atoms. The van der Waals surface area contributed by atoms with E-state index in [9.17, 15) is 9.90 Å². The van der Waals surface area contributed by atoms with Gasteiger partial charge in [-0.2, -0.15) is 0 Å². The number of amides is 1. The van der Waals surface area contributed by atoms with Crippen LogP contribution in [0.25, 0.3) is 0 Å². The number of carbonyl (C=O) groups is 1. The second-order valence-electron chi connectivity index (χ2n) is 5.92. The molecule has 23 heavy (non-hydrogen) atoms. The van der Waals surface area contributed by atoms with Crippen LogP contribution in [0.2, 0.25) is 0 Å². The average molecular weight is 311 g/mol. The third kappa shape index (κ3) is 3.62. The van der Waals surface area contributed by atoms with Crippen molar-refractivity contribution in [2.45, 2.75) is 26.2 Å². The number of aromatic nitrogens is 1. The fourth-order valence-electron chi connectivity index (χ4n) is 2.81. The summed E-state index contributed by atoms with van der Waals surface area (Å²) < 4.78 is 0. The summed E-state index contributed by atoms with van der Waals surface area (Å²) in [6.45, 7) is 4.00. The lowest BCUT2D eigenvalue weighted by Crippen LogP contribution is -2.29. The first-order valence-corrected chi connectivity index (χ1v) is 7.95. The predicted octanol–water partition coefficient (Wildman–Crippen LogP) is 3.34. The molecule has 5 heteroatoms. The molecule has 1 aromatic carbocycles. The summed E-state index contributed by atoms with van der Waals surface area (Å²) >= 11 is 0. The Kier molecular flexibility index (Phi) is 4.46. The van der Waals surface area contributed by atoms with Gasteiger partial charge in [0.05, 0.1) is 17.4 Å². The fraction of sp³-hybridized carbons (Fsp3) is 0.333. The molecule has 3 rings (SSSR count). The van der Waals surface area contributed by atoms with Crippen molar-refractivity contribution >= 4 is 17.4 Å². The van der Waals surface area contributed by atoms with E-state index < -0.39 is 0 Å². The topological polar surface area (TPSA) is 65.5 Å². The van der Waals surface area contributed by atoms with Gasteiger partial charge in [-0.1, -0.05) is 11.6 Å². The Labute approximate surface area is 136 Å². The lowest BCUT2D eigenvalue weighted by atomic mass is 10.1. The van der Waals surface area contributed by atoms with Gasteiger partial charge in [-0.25, -0.2) is 4.98 Å². The van der Waals surface area contributed by atoms with Crippen molar-refractivity contribution in [1.29, 1.82) is 0 Å². The first-order valence-electron chi connectivity index (χ1n) is 7.95. The van der Waals surface area contributed by atoms with E-state index in [1.165, 1.54) is 25.3 Å². The summed E-state index contributed by atoms with van der Waals surface area (Å²) in [6, 6.07) is 8.72. The van der Waals surface area contributed by atoms with E-state index in [-0.39, 0.29) is 17.2 Å². The van der Waals surface area contributed by atoms with Crippen LogP contribution in [0.5, 0.6) is 5.75 Å². The third-order valence-corrected chi connectivity index (χ3v) is 4.11. The molecule has 1 aliphatic rings. The fourth-order valence-corrected chi connectivity index (χ4v) is 2.81. The summed E-state index contributed by atoms with van der Waals surface area (Å²) in [6.07, 6.45) is 5.51. The molecular formula is C18H21N3O2. The molecule has 1 fully saturated rings. The van der Waals surface area contributed by atoms with Crippen LogP contribution in [-0.2, 0) is 0 Å². The lowest BCUT2D eigenvalue weighted by molar-refractivity contribution is 0.102. The van der Waals surface area contributed by atoms with Crippen molar-refractivity contribution in [2.75, 3.05) is 23.3 Å². The number of aryl methyl sites for hydroxylation is 1. The van der Waals surface area contributed by atoms with Gasteiger partial charge in [0.25, 0.3) is 5.91 Å². The maximum absolute atomic E-state index is 12.3. The molecule has 1 amide bonds. The van der Waals surface area contributed by atoms with E-state index in [4.69, 9.17) is 0 Å². The third-order valence-electron chi connectivity index (χ3n) is 4.11. The Morgan fingerprint density at radius 3 is 2.65 bits per heavy atom. The number of hydrogen-bond donors (Lipinski definition) is 2. The Bertz CT molecular complexity index is 692. The number of rotatable bonds is 3. The second-order valence-corrected chi connectivity index (χ2v) is 5.92. The highest BCUT2D eigenvalue weighted by Gasteiger charge is 2.14. The molecule has 0 bridgehead atoms. The lowest BCUT2D eigenvalue weighted by Gasteiger charge is -2.28. The van der Waals surface area contributed by atoms with Crippen molar-refractivity contribution in [3.8, 4) is 5.75 Å². The van der Waals surface area contributed by atoms with Crippen LogP contribution >= 0.6 is 0 Å². The first-order chi connectivity index (χ1) is 11.1. The number of nitrogens with zero attached hydrogens (tertiary/aromatic N) is 2. The van der Waals surface area contributed by atoms with Crippen LogP contribution in [0, 0.1) is 6.92 Å². The average Bonchev–Trinajstić information content (AvgIpc) is 2.58. The van der Waals surface area contributed by atoms with Gasteiger partial charge in [0.2, 0.25) is 0 Å². The monoisotopic (exact) mass is 311 g/mol. The Hall–Kier alpha value is -2.56. The van der Waals surface area contributed by atoms with Crippen LogP contribution in [0.1, 0.15) is 35.2 Å². The van der Waals surface area contributed by atoms with E-state index in [1.807, 2.05) is 13.0 Å². The minimum Gasteiger partial charge on any atom is -0.507 e. The molecule has 1 aromatic heterocycles. The Morgan fingerprint density at radius 1 is 1.17 bits per heavy atom. The van der Waals surface area contributed by atoms with Crippen LogP contribution in [0.4, 0.5) is 11.5 Å². The van der Waals surface area contributed by atoms with Gasteiger partial charge in [0.1, 0.15) is 11.6 Å². The minimum absolute atomic E-state index is 0.0296. The van der Waals surface area contributed by atoms with Gasteiger partial charge in [0, 0.05) is 13.1 Å². The highest BCUT2D eigenvalue weighted by Crippen LogP contribution is 2.22. The second kappa shape index (κ2) is 6.69. The summed E-state index contributed by atoms with van der Waals surface area (Å²) in [5.41, 5.74) is 2.26. The molecule has 2 heterocycles. The van der Waals surface area contributed by atoms with Gasteiger partial charge >= 0.3 is 0 Å². The number of phenolic OH excluding ortho intramolecular Hbond substituents is 1. The molecule has 0 saturated carbocycles. The number of phenols is 1. The SMILES string of the molecule is Cc1ccc(O)c(C(=O)Nc2ccc(N3CCCCC3)cn2)c1. The zero-order valence-electron chi connectivity index (χ0n) is 13.2. The number of aromatic hydroxyl groups is 1. The molecule has 0 aliphatic carbocycles. The molecule has 5 nitrogen and oxygen atoms in total. The summed E-state index contributed by atoms with van der Waals surface area (Å²) in [5, 5.41) is 12.5. The van der Waals surface area contributed by atoms with Crippen LogP contribution in [0.3, 0.4) is 0 Å². The maximum atomic E-state index is 12.3. The van der Waals surface area contributed by atoms with Crippen molar-refractivity contribution in [3.63, 3.8) is 0 Å². The van der Waals surface area contributed by atoms with E-state index in [2.05, 4.69) is 15.2 Å². The number of carbonyl (C=O) groups excluding carboxylic acids is 1. The summed E-state index contributed by atoms with van der Waals surface area (Å²) in [4.78, 5) is 18.9. The van der Waals surface area contributed by atoms with Gasteiger partial charge in [0.15, 0.2) is 0 Å². The molecule has 2 N–H and O–H groups in total. The van der Waals surface area contributed by atoms with E-state index >= 15 is 0 Å². The highest BCUT2D eigenvalue weighted by molar-refractivity contribution is 6.05. The van der Waals surface area contributed by atoms with E-state index in [0.29, 0.717) is 5.82 Å². The first kappa shape index (κ1) is 15.3. The van der Waals surface area contributed by atoms with Crippen molar-refractivity contribution < 1.29 is 9.90 Å². The van der Waals surface area contributed by atoms with Crippen molar-refractivity contribution in [1.82, 2.24) is 4.98 Å². The molecule has 1 saturated heterocycles. The number of anilines is 2. The van der Waals surface area contributed by atoms with Crippen LogP contribution < -0.4 is 10.2 Å². The molecular weight excluding hydrogens is 290 g/mol. The Morgan fingerprint density at radius 2 is 1.96 bits per heavy atom. The van der Waals surface area contributed by atoms with Gasteiger partial charge in [-0.05, 0) is 50.5 Å². The van der Waals surface area contributed by atoms with Gasteiger partial charge in [-0.15, -0.1) is 0 Å². The largest absolute Gasteiger partial charge is 0.507 e. The van der Waals surface area contributed by atoms with Gasteiger partial charge < -0.3 is 15.3 Å². The quantitative estimate of drug-likeness (QED) is 0.912. The van der Waals surface area contributed by atoms with E-state index in [0.717, 1.165) is 24.3 Å². The number of hydrogen-bond acceptors (Lipinski definition) is 4. The zero-order valence-corrected chi connectivity index (χ0v) is 13.2. The molecule has 0 radical (unpaired) electrons. The molecule has 0 unspecified atom stereocenters. The van der Waals surface area contributed by atoms with Crippen molar-refractivity contribution in [3.05, 3.63) is 47.7 Å². The summed E-state index contributed by atoms with van der Waals surface area (Å²) in [5.74, 6) is 0.0964. The normalized spacial score (nSPS) is 14.6. The number of pyridine rings is 1. The maximum Gasteiger partial charge on any atom is 0.260 e. The Balaban J connectivity index is 1.70. The predicted molar refractivity (Wildman–Crippen MR) is 91.1 cm³/mol. The van der Waals surface area contributed by atoms with Gasteiger partial charge in [-0.3, -0.25) is 4.79 Å². The molecule has 1 aliphatic heterocycles. The smallest absolute Gasteiger partial charge is 0.260 e. The van der Waals surface area contributed by atoms with E-state index in [1.54, 1.807) is 24.4 Å². The zero-order chi connectivity index (χ0) is 16.2. The molecule has 120 valence electrons. The number of nitrogens with one attached hydrogen (secondary N) is 1. The highest BCUT2D eigenvalue weighted by atomic mass is 16.3. The molecule has 0 atom stereocenters. The van der Waals surface area contributed by atoms with Crippen molar-refractivity contribution in [2.24, 2.45) is 0 Å². The minimum atomic E-state index is -0.357. The standard InChI is InChI=1S/C18H21N3O2/c1-13-5-7-16(22)15(11-13)18(23)20-17-8-6-14(12-19-17)21-9-3-2-4-10-21/h5-8,11-12,22H,2-4,9-10H2,1H3,(H,19,20,23). The summed E-state index contributed by atoms with van der Waals surface area (Å²) in [7, 11) is 0. The molecule has 2 aromatic rings. The number of piperidine rings is 1. The van der Waals surface area contributed by atoms with Crippen LogP contribution in [-0.4, -0.2) is 29.1 Å². The number of benzene rings is 1.